The van der Waals surface area contributed by atoms with Crippen molar-refractivity contribution in [1.82, 2.24) is 0 Å². The van der Waals surface area contributed by atoms with Crippen LogP contribution < -0.4 is 4.74 Å². The Labute approximate surface area is 118 Å². The van der Waals surface area contributed by atoms with Gasteiger partial charge in [-0.15, -0.1) is 0 Å². The summed E-state index contributed by atoms with van der Waals surface area (Å²) < 4.78 is 18.8. The first kappa shape index (κ1) is 14.4. The number of carboxylic acids is 1. The van der Waals surface area contributed by atoms with Crippen molar-refractivity contribution >= 4 is 11.7 Å². The van der Waals surface area contributed by atoms with Gasteiger partial charge in [-0.25, -0.2) is 9.18 Å². The van der Waals surface area contributed by atoms with Crippen LogP contribution in [0.25, 0.3) is 0 Å². The van der Waals surface area contributed by atoms with Crippen molar-refractivity contribution < 1.29 is 24.0 Å². The Hall–Kier alpha value is -2.96. The average Bonchev–Trinajstić information content (AvgIpc) is 2.42. The van der Waals surface area contributed by atoms with E-state index in [4.69, 9.17) is 9.84 Å². The van der Waals surface area contributed by atoms with Gasteiger partial charge in [0.2, 0.25) is 0 Å². The van der Waals surface area contributed by atoms with Gasteiger partial charge in [0.1, 0.15) is 11.3 Å². The molecule has 6 nitrogen and oxygen atoms in total. The number of nitrogens with zero attached hydrogens (tertiary/aromatic N) is 1. The van der Waals surface area contributed by atoms with E-state index in [1.165, 1.54) is 18.2 Å². The fourth-order valence-electron chi connectivity index (χ4n) is 1.72. The molecule has 2 rings (SSSR count). The molecule has 0 unspecified atom stereocenters. The Morgan fingerprint density at radius 1 is 1.29 bits per heavy atom. The monoisotopic (exact) mass is 291 g/mol. The summed E-state index contributed by atoms with van der Waals surface area (Å²) in [7, 11) is 0. The molecular weight excluding hydrogens is 281 g/mol. The number of halogens is 1. The molecule has 0 aromatic heterocycles. The molecule has 0 bridgehead atoms. The second-order valence-electron chi connectivity index (χ2n) is 4.28. The molecule has 7 heteroatoms. The number of rotatable bonds is 4. The maximum absolute atomic E-state index is 13.6. The number of nitro benzene ring substituents is 1. The number of aromatic carboxylic acids is 1. The van der Waals surface area contributed by atoms with Crippen molar-refractivity contribution in [2.45, 2.75) is 6.92 Å². The third kappa shape index (κ3) is 3.14. The lowest BCUT2D eigenvalue weighted by Gasteiger charge is -2.08. The lowest BCUT2D eigenvalue weighted by Crippen LogP contribution is -2.02. The summed E-state index contributed by atoms with van der Waals surface area (Å²) in [6.45, 7) is 1.74. The number of ether oxygens (including phenoxy) is 1. The Morgan fingerprint density at radius 2 is 2.00 bits per heavy atom. The number of hydrogen-bond acceptors (Lipinski definition) is 4. The summed E-state index contributed by atoms with van der Waals surface area (Å²) in [6.07, 6.45) is 0. The molecule has 0 radical (unpaired) electrons. The smallest absolute Gasteiger partial charge is 0.342 e. The highest BCUT2D eigenvalue weighted by Gasteiger charge is 2.21. The van der Waals surface area contributed by atoms with Crippen LogP contribution >= 0.6 is 0 Å². The van der Waals surface area contributed by atoms with Gasteiger partial charge in [-0.1, -0.05) is 6.07 Å². The van der Waals surface area contributed by atoms with Gasteiger partial charge in [0.15, 0.2) is 11.6 Å². The first-order chi connectivity index (χ1) is 9.88. The topological polar surface area (TPSA) is 89.7 Å². The minimum Gasteiger partial charge on any atom is -0.477 e. The maximum Gasteiger partial charge on any atom is 0.342 e. The minimum atomic E-state index is -1.42. The highest BCUT2D eigenvalue weighted by atomic mass is 19.1. The van der Waals surface area contributed by atoms with Crippen LogP contribution in [0.3, 0.4) is 0 Å². The molecule has 0 fully saturated rings. The molecule has 0 heterocycles. The van der Waals surface area contributed by atoms with Crippen LogP contribution in [0.5, 0.6) is 11.5 Å². The van der Waals surface area contributed by atoms with E-state index < -0.39 is 28.0 Å². The van der Waals surface area contributed by atoms with Gasteiger partial charge in [-0.3, -0.25) is 10.1 Å². The predicted octanol–water partition coefficient (Wildman–Crippen LogP) is 3.53. The first-order valence-electron chi connectivity index (χ1n) is 5.84. The highest BCUT2D eigenvalue weighted by molar-refractivity contribution is 5.92. The van der Waals surface area contributed by atoms with Crippen LogP contribution in [-0.4, -0.2) is 16.0 Å². The molecular formula is C14H10FNO5. The van der Waals surface area contributed by atoms with Crippen LogP contribution in [0.15, 0.2) is 36.4 Å². The lowest BCUT2D eigenvalue weighted by molar-refractivity contribution is -0.385. The van der Waals surface area contributed by atoms with Crippen LogP contribution in [0.4, 0.5) is 10.1 Å². The van der Waals surface area contributed by atoms with Crippen LogP contribution in [0.2, 0.25) is 0 Å². The molecule has 0 aliphatic rings. The minimum absolute atomic E-state index is 0.0174. The fourth-order valence-corrected chi connectivity index (χ4v) is 1.72. The third-order valence-electron chi connectivity index (χ3n) is 2.71. The van der Waals surface area contributed by atoms with Crippen molar-refractivity contribution in [2.75, 3.05) is 0 Å². The Kier molecular flexibility index (Phi) is 3.84. The van der Waals surface area contributed by atoms with Crippen molar-refractivity contribution in [3.8, 4) is 11.5 Å². The summed E-state index contributed by atoms with van der Waals surface area (Å²) in [5.41, 5.74) is -0.326. The van der Waals surface area contributed by atoms with Gasteiger partial charge < -0.3 is 9.84 Å². The number of carbonyl (C=O) groups is 1. The van der Waals surface area contributed by atoms with E-state index >= 15 is 0 Å². The van der Waals surface area contributed by atoms with E-state index in [-0.39, 0.29) is 11.5 Å². The van der Waals surface area contributed by atoms with E-state index in [2.05, 4.69) is 0 Å². The van der Waals surface area contributed by atoms with Crippen LogP contribution in [0.1, 0.15) is 15.9 Å². The van der Waals surface area contributed by atoms with Crippen molar-refractivity contribution in [2.24, 2.45) is 0 Å². The van der Waals surface area contributed by atoms with Gasteiger partial charge in [0.05, 0.1) is 11.0 Å². The van der Waals surface area contributed by atoms with E-state index in [1.54, 1.807) is 13.0 Å². The largest absolute Gasteiger partial charge is 0.477 e. The standard InChI is InChI=1S/C14H10FNO5/c1-8-2-5-11(15)13(6-8)21-9-3-4-10(14(17)18)12(7-9)16(19)20/h2-7H,1H3,(H,17,18). The first-order valence-corrected chi connectivity index (χ1v) is 5.84. The van der Waals surface area contributed by atoms with Gasteiger partial charge >= 0.3 is 5.97 Å². The van der Waals surface area contributed by atoms with Gasteiger partial charge in [0.25, 0.3) is 5.69 Å². The molecule has 21 heavy (non-hydrogen) atoms. The van der Waals surface area contributed by atoms with Gasteiger partial charge in [0, 0.05) is 0 Å². The molecule has 0 spiro atoms. The molecule has 0 atom stereocenters. The second-order valence-corrected chi connectivity index (χ2v) is 4.28. The van der Waals surface area contributed by atoms with Crippen molar-refractivity contribution in [3.63, 3.8) is 0 Å². The van der Waals surface area contributed by atoms with E-state index in [0.29, 0.717) is 0 Å². The number of carboxylic acid groups (broad SMARTS) is 1. The molecule has 2 aromatic rings. The quantitative estimate of drug-likeness (QED) is 0.687. The third-order valence-corrected chi connectivity index (χ3v) is 2.71. The van der Waals surface area contributed by atoms with Gasteiger partial charge in [-0.05, 0) is 36.8 Å². The molecule has 0 aliphatic carbocycles. The summed E-state index contributed by atoms with van der Waals surface area (Å²) in [5.74, 6) is -2.15. The van der Waals surface area contributed by atoms with Crippen LogP contribution in [-0.2, 0) is 0 Å². The zero-order valence-electron chi connectivity index (χ0n) is 10.9. The maximum atomic E-state index is 13.6. The Morgan fingerprint density at radius 3 is 2.62 bits per heavy atom. The summed E-state index contributed by atoms with van der Waals surface area (Å²) in [5, 5.41) is 19.7. The van der Waals surface area contributed by atoms with E-state index in [0.717, 1.165) is 17.7 Å². The Bertz CT molecular complexity index is 729. The van der Waals surface area contributed by atoms with Crippen LogP contribution in [0, 0.1) is 22.9 Å². The summed E-state index contributed by atoms with van der Waals surface area (Å²) in [6, 6.07) is 7.43. The average molecular weight is 291 g/mol. The molecule has 0 saturated heterocycles. The molecule has 1 N–H and O–H groups in total. The molecule has 0 saturated carbocycles. The number of hydrogen-bond donors (Lipinski definition) is 1. The number of aryl methyl sites for hydroxylation is 1. The fraction of sp³-hybridized carbons (Fsp3) is 0.0714. The lowest BCUT2D eigenvalue weighted by atomic mass is 10.1. The number of nitro groups is 1. The normalized spacial score (nSPS) is 10.2. The second kappa shape index (κ2) is 5.58. The molecule has 0 amide bonds. The number of benzene rings is 2. The SMILES string of the molecule is Cc1ccc(F)c(Oc2ccc(C(=O)O)c([N+](=O)[O-])c2)c1. The van der Waals surface area contributed by atoms with Gasteiger partial charge in [-0.2, -0.15) is 0 Å². The Balaban J connectivity index is 2.41. The summed E-state index contributed by atoms with van der Waals surface area (Å²) >= 11 is 0. The zero-order valence-corrected chi connectivity index (χ0v) is 10.9. The predicted molar refractivity (Wildman–Crippen MR) is 71.3 cm³/mol. The zero-order chi connectivity index (χ0) is 15.6. The van der Waals surface area contributed by atoms with E-state index in [1.807, 2.05) is 0 Å². The molecule has 108 valence electrons. The highest BCUT2D eigenvalue weighted by Crippen LogP contribution is 2.30. The van der Waals surface area contributed by atoms with Crippen molar-refractivity contribution in [1.29, 1.82) is 0 Å². The molecule has 0 aliphatic heterocycles. The van der Waals surface area contributed by atoms with Crippen molar-refractivity contribution in [3.05, 3.63) is 63.5 Å². The van der Waals surface area contributed by atoms with E-state index in [9.17, 15) is 19.3 Å². The summed E-state index contributed by atoms with van der Waals surface area (Å²) in [4.78, 5) is 20.9. The molecule has 2 aromatic carbocycles.